The molecule has 0 bridgehead atoms. The highest BCUT2D eigenvalue weighted by molar-refractivity contribution is 8.03. The lowest BCUT2D eigenvalue weighted by atomic mass is 10.2. The molecular weight excluding hydrogens is 302 g/mol. The summed E-state index contributed by atoms with van der Waals surface area (Å²) in [4.78, 5) is 0.902. The molecule has 2 aromatic rings. The van der Waals surface area contributed by atoms with Crippen LogP contribution in [0.3, 0.4) is 0 Å². The van der Waals surface area contributed by atoms with E-state index in [1.807, 2.05) is 64.3 Å². The van der Waals surface area contributed by atoms with Gasteiger partial charge in [-0.05, 0) is 41.8 Å². The number of thiocyanates is 1. The van der Waals surface area contributed by atoms with E-state index in [1.54, 1.807) is 0 Å². The maximum atomic E-state index is 8.54. The molecule has 1 aromatic carbocycles. The molecule has 0 aliphatic rings. The van der Waals surface area contributed by atoms with Gasteiger partial charge in [0.05, 0.1) is 0 Å². The van der Waals surface area contributed by atoms with Crippen LogP contribution in [0.15, 0.2) is 38.8 Å². The molecule has 0 N–H and O–H groups in total. The van der Waals surface area contributed by atoms with Crippen molar-refractivity contribution in [3.8, 4) is 16.9 Å². The number of nitrogens with zero attached hydrogens (tertiary/aromatic N) is 3. The lowest BCUT2D eigenvalue weighted by Gasteiger charge is -1.95. The molecule has 114 valence electrons. The summed E-state index contributed by atoms with van der Waals surface area (Å²) in [5.74, 6) is 1.41. The Labute approximate surface area is 135 Å². The number of hydrogen-bond donors (Lipinski definition) is 0. The molecule has 2 rings (SSSR count). The molecule has 0 atom stereocenters. The summed E-state index contributed by atoms with van der Waals surface area (Å²) >= 11 is 2.64. The summed E-state index contributed by atoms with van der Waals surface area (Å²) in [5.41, 5.74) is 0.864. The van der Waals surface area contributed by atoms with Crippen LogP contribution >= 0.6 is 23.5 Å². The van der Waals surface area contributed by atoms with E-state index in [0.29, 0.717) is 11.1 Å². The van der Waals surface area contributed by atoms with Gasteiger partial charge in [-0.25, -0.2) is 0 Å². The van der Waals surface area contributed by atoms with Crippen LogP contribution in [-0.2, 0) is 0 Å². The van der Waals surface area contributed by atoms with Crippen molar-refractivity contribution in [3.05, 3.63) is 24.3 Å². The van der Waals surface area contributed by atoms with Crippen molar-refractivity contribution in [3.63, 3.8) is 0 Å². The van der Waals surface area contributed by atoms with Crippen molar-refractivity contribution >= 4 is 23.5 Å². The molecular formula is C15H21N3OS2. The van der Waals surface area contributed by atoms with E-state index in [-0.39, 0.29) is 0 Å². The fraction of sp³-hybridized carbons (Fsp3) is 0.400. The van der Waals surface area contributed by atoms with Crippen molar-refractivity contribution in [2.45, 2.75) is 44.7 Å². The lowest BCUT2D eigenvalue weighted by Crippen LogP contribution is -1.77. The number of thioether (sulfide) groups is 2. The first-order valence-corrected chi connectivity index (χ1v) is 8.76. The molecule has 0 spiro atoms. The van der Waals surface area contributed by atoms with Gasteiger partial charge in [-0.2, -0.15) is 5.26 Å². The number of rotatable bonds is 4. The second-order valence-corrected chi connectivity index (χ2v) is 5.10. The van der Waals surface area contributed by atoms with Crippen LogP contribution in [0, 0.1) is 10.7 Å². The van der Waals surface area contributed by atoms with Crippen LogP contribution in [0.4, 0.5) is 0 Å². The normalized spacial score (nSPS) is 8.76. The van der Waals surface area contributed by atoms with Crippen LogP contribution in [0.25, 0.3) is 11.5 Å². The molecule has 4 nitrogen and oxygen atoms in total. The second-order valence-electron chi connectivity index (χ2n) is 3.02. The van der Waals surface area contributed by atoms with Crippen molar-refractivity contribution in [1.29, 1.82) is 5.26 Å². The van der Waals surface area contributed by atoms with Crippen LogP contribution in [-0.4, -0.2) is 16.0 Å². The Morgan fingerprint density at radius 3 is 2.24 bits per heavy atom. The smallest absolute Gasteiger partial charge is 0.276 e. The molecule has 1 heterocycles. The average Bonchev–Trinajstić information content (AvgIpc) is 3.01. The van der Waals surface area contributed by atoms with Gasteiger partial charge in [-0.1, -0.05) is 46.4 Å². The Kier molecular flexibility index (Phi) is 11.5. The summed E-state index contributed by atoms with van der Waals surface area (Å²) in [7, 11) is 0. The van der Waals surface area contributed by atoms with Gasteiger partial charge in [0.15, 0.2) is 0 Å². The van der Waals surface area contributed by atoms with Gasteiger partial charge in [-0.3, -0.25) is 0 Å². The summed E-state index contributed by atoms with van der Waals surface area (Å²) in [5, 5.41) is 19.0. The zero-order chi connectivity index (χ0) is 16.1. The molecule has 0 saturated carbocycles. The van der Waals surface area contributed by atoms with Gasteiger partial charge < -0.3 is 4.42 Å². The summed E-state index contributed by atoms with van der Waals surface area (Å²) in [6.07, 6.45) is 0. The van der Waals surface area contributed by atoms with Crippen LogP contribution in [0.2, 0.25) is 0 Å². The zero-order valence-corrected chi connectivity index (χ0v) is 14.7. The van der Waals surface area contributed by atoms with Crippen LogP contribution in [0.1, 0.15) is 34.6 Å². The predicted octanol–water partition coefficient (Wildman–Crippen LogP) is 5.47. The van der Waals surface area contributed by atoms with Gasteiger partial charge >= 0.3 is 0 Å². The molecule has 0 aliphatic carbocycles. The molecule has 0 amide bonds. The topological polar surface area (TPSA) is 62.7 Å². The highest BCUT2D eigenvalue weighted by Gasteiger charge is 2.08. The Hall–Kier alpha value is -1.45. The van der Waals surface area contributed by atoms with E-state index in [9.17, 15) is 0 Å². The zero-order valence-electron chi connectivity index (χ0n) is 13.1. The summed E-state index contributed by atoms with van der Waals surface area (Å²) in [6.45, 7) is 10.0. The standard InChI is InChI=1S/C11H9N3OS2.2C2H6/c1-2-16-11-14-13-10(15-11)8-3-5-9(6-4-8)17-7-12;2*1-2/h3-6H,2H2,1H3;2*1-2H3. The Bertz CT molecular complexity index is 533. The highest BCUT2D eigenvalue weighted by Crippen LogP contribution is 2.25. The van der Waals surface area contributed by atoms with E-state index in [0.717, 1.165) is 28.0 Å². The maximum Gasteiger partial charge on any atom is 0.276 e. The summed E-state index contributed by atoms with van der Waals surface area (Å²) in [6, 6.07) is 7.46. The first-order chi connectivity index (χ1) is 10.3. The Balaban J connectivity index is 0.000000921. The first kappa shape index (κ1) is 19.6. The third-order valence-electron chi connectivity index (χ3n) is 1.94. The second kappa shape index (κ2) is 12.3. The predicted molar refractivity (Wildman–Crippen MR) is 90.3 cm³/mol. The van der Waals surface area contributed by atoms with Crippen molar-refractivity contribution in [2.75, 3.05) is 5.75 Å². The number of hydrogen-bond acceptors (Lipinski definition) is 6. The van der Waals surface area contributed by atoms with Crippen LogP contribution in [0.5, 0.6) is 0 Å². The monoisotopic (exact) mass is 323 g/mol. The van der Waals surface area contributed by atoms with Gasteiger partial charge in [0.2, 0.25) is 5.89 Å². The molecule has 6 heteroatoms. The van der Waals surface area contributed by atoms with Crippen LogP contribution < -0.4 is 0 Å². The highest BCUT2D eigenvalue weighted by atomic mass is 32.2. The number of benzene rings is 1. The molecule has 0 saturated heterocycles. The number of aromatic nitrogens is 2. The fourth-order valence-corrected chi connectivity index (χ4v) is 2.09. The largest absolute Gasteiger partial charge is 0.411 e. The fourth-order valence-electron chi connectivity index (χ4n) is 1.23. The van der Waals surface area contributed by atoms with Crippen molar-refractivity contribution < 1.29 is 4.42 Å². The molecule has 1 aromatic heterocycles. The van der Waals surface area contributed by atoms with E-state index < -0.39 is 0 Å². The minimum absolute atomic E-state index is 0.509. The minimum atomic E-state index is 0.509. The Morgan fingerprint density at radius 1 is 1.10 bits per heavy atom. The molecule has 0 aliphatic heterocycles. The average molecular weight is 323 g/mol. The quantitative estimate of drug-likeness (QED) is 0.549. The molecule has 0 radical (unpaired) electrons. The van der Waals surface area contributed by atoms with E-state index in [1.165, 1.54) is 11.8 Å². The van der Waals surface area contributed by atoms with Crippen molar-refractivity contribution in [1.82, 2.24) is 10.2 Å². The SMILES string of the molecule is CC.CC.CCSc1nnc(-c2ccc(SC#N)cc2)o1. The van der Waals surface area contributed by atoms with Crippen molar-refractivity contribution in [2.24, 2.45) is 0 Å². The van der Waals surface area contributed by atoms with E-state index >= 15 is 0 Å². The van der Waals surface area contributed by atoms with Gasteiger partial charge in [-0.15, -0.1) is 10.2 Å². The number of nitriles is 1. The van der Waals surface area contributed by atoms with E-state index in [2.05, 4.69) is 10.2 Å². The first-order valence-electron chi connectivity index (χ1n) is 6.96. The molecule has 0 unspecified atom stereocenters. The van der Waals surface area contributed by atoms with Gasteiger partial charge in [0.1, 0.15) is 5.40 Å². The third kappa shape index (κ3) is 6.69. The Morgan fingerprint density at radius 2 is 1.71 bits per heavy atom. The summed E-state index contributed by atoms with van der Waals surface area (Å²) < 4.78 is 5.48. The lowest BCUT2D eigenvalue weighted by molar-refractivity contribution is 0.466. The van der Waals surface area contributed by atoms with Gasteiger partial charge in [0.25, 0.3) is 5.22 Å². The third-order valence-corrected chi connectivity index (χ3v) is 3.24. The van der Waals surface area contributed by atoms with E-state index in [4.69, 9.17) is 9.68 Å². The maximum absolute atomic E-state index is 8.54. The van der Waals surface area contributed by atoms with Gasteiger partial charge in [0, 0.05) is 10.5 Å². The molecule has 0 fully saturated rings. The molecule has 21 heavy (non-hydrogen) atoms. The minimum Gasteiger partial charge on any atom is -0.411 e.